The number of carbonyl (C=O) groups is 1. The van der Waals surface area contributed by atoms with Gasteiger partial charge in [0.25, 0.3) is 0 Å². The molecule has 1 amide bonds. The fraction of sp³-hybridized carbons (Fsp3) is 0.458. The highest BCUT2D eigenvalue weighted by atomic mass is 32.2. The fourth-order valence-corrected chi connectivity index (χ4v) is 5.76. The van der Waals surface area contributed by atoms with Crippen molar-refractivity contribution in [2.24, 2.45) is 0 Å². The minimum absolute atomic E-state index is 0.156. The van der Waals surface area contributed by atoms with Gasteiger partial charge in [-0.25, -0.2) is 8.42 Å². The Hall–Kier alpha value is -2.66. The molecule has 1 N–H and O–H groups in total. The molecule has 0 aromatic heterocycles. The highest BCUT2D eigenvalue weighted by Crippen LogP contribution is 2.32. The number of amides is 1. The maximum atomic E-state index is 13.0. The molecule has 2 atom stereocenters. The molecule has 2 aromatic rings. The molecular weight excluding hydrogens is 458 g/mol. The largest absolute Gasteiger partial charge is 0.454 e. The molecular formula is C24H31N3O6S. The summed E-state index contributed by atoms with van der Waals surface area (Å²) in [5, 5.41) is 2.85. The Bertz CT molecular complexity index is 1110. The van der Waals surface area contributed by atoms with Gasteiger partial charge < -0.3 is 19.5 Å². The molecule has 2 aromatic carbocycles. The van der Waals surface area contributed by atoms with Crippen LogP contribution in [0.25, 0.3) is 0 Å². The Kier molecular flexibility index (Phi) is 7.42. The average molecular weight is 490 g/mol. The van der Waals surface area contributed by atoms with Gasteiger partial charge in [0.1, 0.15) is 0 Å². The predicted molar refractivity (Wildman–Crippen MR) is 127 cm³/mol. The lowest BCUT2D eigenvalue weighted by atomic mass is 10.2. The number of fused-ring (bicyclic) bond motifs is 1. The SMILES string of the molecule is CCN(CC(=O)Nc1ccc(S(=O)(=O)N2CC(C)OC(C)C2)cc1)Cc1ccc2c(c1)OCO2. The summed E-state index contributed by atoms with van der Waals surface area (Å²) in [4.78, 5) is 14.8. The molecule has 1 fully saturated rings. The summed E-state index contributed by atoms with van der Waals surface area (Å²) in [6, 6.07) is 12.1. The van der Waals surface area contributed by atoms with E-state index in [0.717, 1.165) is 11.3 Å². The van der Waals surface area contributed by atoms with Gasteiger partial charge in [-0.2, -0.15) is 4.31 Å². The number of hydrogen-bond acceptors (Lipinski definition) is 7. The van der Waals surface area contributed by atoms with Crippen molar-refractivity contribution < 1.29 is 27.4 Å². The summed E-state index contributed by atoms with van der Waals surface area (Å²) in [5.74, 6) is 1.27. The van der Waals surface area contributed by atoms with Crippen molar-refractivity contribution in [2.75, 3.05) is 38.3 Å². The molecule has 2 aliphatic rings. The van der Waals surface area contributed by atoms with Crippen LogP contribution in [0.15, 0.2) is 47.4 Å². The molecule has 0 bridgehead atoms. The van der Waals surface area contributed by atoms with E-state index in [0.29, 0.717) is 37.6 Å². The Morgan fingerprint density at radius 3 is 2.41 bits per heavy atom. The summed E-state index contributed by atoms with van der Waals surface area (Å²) in [6.45, 7) is 8.07. The van der Waals surface area contributed by atoms with Crippen molar-refractivity contribution in [3.8, 4) is 11.5 Å². The summed E-state index contributed by atoms with van der Waals surface area (Å²) in [5.41, 5.74) is 1.58. The van der Waals surface area contributed by atoms with Crippen molar-refractivity contribution in [3.05, 3.63) is 48.0 Å². The van der Waals surface area contributed by atoms with E-state index in [2.05, 4.69) is 5.32 Å². The van der Waals surface area contributed by atoms with Gasteiger partial charge in [-0.1, -0.05) is 13.0 Å². The number of morpholine rings is 1. The van der Waals surface area contributed by atoms with Crippen molar-refractivity contribution >= 4 is 21.6 Å². The van der Waals surface area contributed by atoms with E-state index in [1.54, 1.807) is 12.1 Å². The number of hydrogen-bond donors (Lipinski definition) is 1. The van der Waals surface area contributed by atoms with E-state index in [-0.39, 0.29) is 36.3 Å². The second kappa shape index (κ2) is 10.3. The van der Waals surface area contributed by atoms with E-state index in [1.807, 2.05) is 43.9 Å². The molecule has 0 spiro atoms. The molecule has 9 nitrogen and oxygen atoms in total. The van der Waals surface area contributed by atoms with Gasteiger partial charge in [-0.05, 0) is 62.4 Å². The van der Waals surface area contributed by atoms with Gasteiger partial charge in [0, 0.05) is 25.3 Å². The van der Waals surface area contributed by atoms with Gasteiger partial charge in [-0.15, -0.1) is 0 Å². The lowest BCUT2D eigenvalue weighted by molar-refractivity contribution is -0.117. The number of likely N-dealkylation sites (N-methyl/N-ethyl adjacent to an activating group) is 1. The first kappa shape index (κ1) is 24.5. The Morgan fingerprint density at radius 2 is 1.74 bits per heavy atom. The average Bonchev–Trinajstić information content (AvgIpc) is 3.26. The summed E-state index contributed by atoms with van der Waals surface area (Å²) in [6.07, 6.45) is -0.312. The minimum atomic E-state index is -3.62. The first-order valence-electron chi connectivity index (χ1n) is 11.4. The number of ether oxygens (including phenoxy) is 3. The number of benzene rings is 2. The number of carbonyl (C=O) groups excluding carboxylic acids is 1. The number of sulfonamides is 1. The van der Waals surface area contributed by atoms with E-state index in [4.69, 9.17) is 14.2 Å². The second-order valence-electron chi connectivity index (χ2n) is 8.64. The monoisotopic (exact) mass is 489 g/mol. The number of anilines is 1. The first-order valence-corrected chi connectivity index (χ1v) is 12.8. The molecule has 0 radical (unpaired) electrons. The van der Waals surface area contributed by atoms with Crippen LogP contribution in [0, 0.1) is 0 Å². The lowest BCUT2D eigenvalue weighted by Crippen LogP contribution is -2.48. The highest BCUT2D eigenvalue weighted by Gasteiger charge is 2.32. The Balaban J connectivity index is 1.34. The van der Waals surface area contributed by atoms with E-state index < -0.39 is 10.0 Å². The molecule has 2 aliphatic heterocycles. The van der Waals surface area contributed by atoms with Crippen LogP contribution in [0.3, 0.4) is 0 Å². The zero-order valence-electron chi connectivity index (χ0n) is 19.7. The molecule has 0 aliphatic carbocycles. The van der Waals surface area contributed by atoms with Crippen LogP contribution in [0.2, 0.25) is 0 Å². The number of nitrogens with one attached hydrogen (secondary N) is 1. The lowest BCUT2D eigenvalue weighted by Gasteiger charge is -2.34. The van der Waals surface area contributed by atoms with Crippen molar-refractivity contribution in [2.45, 2.75) is 44.4 Å². The van der Waals surface area contributed by atoms with Crippen molar-refractivity contribution in [3.63, 3.8) is 0 Å². The van der Waals surface area contributed by atoms with E-state index in [9.17, 15) is 13.2 Å². The van der Waals surface area contributed by atoms with Gasteiger partial charge in [-0.3, -0.25) is 9.69 Å². The van der Waals surface area contributed by atoms with Crippen LogP contribution in [-0.2, 0) is 26.1 Å². The van der Waals surface area contributed by atoms with Crippen LogP contribution >= 0.6 is 0 Å². The Labute approximate surface area is 200 Å². The Morgan fingerprint density at radius 1 is 1.06 bits per heavy atom. The third kappa shape index (κ3) is 5.69. The van der Waals surface area contributed by atoms with Gasteiger partial charge in [0.2, 0.25) is 22.7 Å². The standard InChI is InChI=1S/C24H31N3O6S/c1-4-26(14-19-5-10-22-23(11-19)32-16-31-22)15-24(28)25-20-6-8-21(9-7-20)34(29,30)27-12-17(2)33-18(3)13-27/h5-11,17-18H,4,12-16H2,1-3H3,(H,25,28). The molecule has 34 heavy (non-hydrogen) atoms. The first-order chi connectivity index (χ1) is 16.2. The van der Waals surface area contributed by atoms with Crippen LogP contribution in [0.4, 0.5) is 5.69 Å². The van der Waals surface area contributed by atoms with Gasteiger partial charge >= 0.3 is 0 Å². The molecule has 2 heterocycles. The summed E-state index contributed by atoms with van der Waals surface area (Å²) < 4.78 is 43.9. The second-order valence-corrected chi connectivity index (χ2v) is 10.6. The van der Waals surface area contributed by atoms with Crippen LogP contribution in [0.5, 0.6) is 11.5 Å². The highest BCUT2D eigenvalue weighted by molar-refractivity contribution is 7.89. The maximum Gasteiger partial charge on any atom is 0.243 e. The zero-order valence-corrected chi connectivity index (χ0v) is 20.5. The summed E-state index contributed by atoms with van der Waals surface area (Å²) >= 11 is 0. The summed E-state index contributed by atoms with van der Waals surface area (Å²) in [7, 11) is -3.62. The molecule has 4 rings (SSSR count). The van der Waals surface area contributed by atoms with E-state index in [1.165, 1.54) is 16.4 Å². The molecule has 1 saturated heterocycles. The predicted octanol–water partition coefficient (Wildman–Crippen LogP) is 2.67. The van der Waals surface area contributed by atoms with Crippen LogP contribution in [-0.4, -0.2) is 68.7 Å². The fourth-order valence-electron chi connectivity index (χ4n) is 4.17. The zero-order chi connectivity index (χ0) is 24.3. The molecule has 2 unspecified atom stereocenters. The van der Waals surface area contributed by atoms with Crippen molar-refractivity contribution in [1.29, 1.82) is 0 Å². The van der Waals surface area contributed by atoms with Crippen molar-refractivity contribution in [1.82, 2.24) is 9.21 Å². The molecule has 184 valence electrons. The normalized spacial score (nSPS) is 20.5. The van der Waals surface area contributed by atoms with Gasteiger partial charge in [0.15, 0.2) is 11.5 Å². The maximum absolute atomic E-state index is 13.0. The number of nitrogens with zero attached hydrogens (tertiary/aromatic N) is 2. The minimum Gasteiger partial charge on any atom is -0.454 e. The quantitative estimate of drug-likeness (QED) is 0.609. The molecule has 10 heteroatoms. The third-order valence-electron chi connectivity index (χ3n) is 5.82. The smallest absolute Gasteiger partial charge is 0.243 e. The molecule has 0 saturated carbocycles. The van der Waals surface area contributed by atoms with Gasteiger partial charge in [0.05, 0.1) is 23.6 Å². The van der Waals surface area contributed by atoms with Crippen LogP contribution in [0.1, 0.15) is 26.3 Å². The van der Waals surface area contributed by atoms with Crippen LogP contribution < -0.4 is 14.8 Å². The van der Waals surface area contributed by atoms with E-state index >= 15 is 0 Å². The third-order valence-corrected chi connectivity index (χ3v) is 7.67. The number of rotatable bonds is 8. The topological polar surface area (TPSA) is 97.4 Å².